The van der Waals surface area contributed by atoms with Crippen molar-refractivity contribution in [3.05, 3.63) is 0 Å². The lowest BCUT2D eigenvalue weighted by molar-refractivity contribution is 0.275. The zero-order valence-electron chi connectivity index (χ0n) is 11.2. The van der Waals surface area contributed by atoms with E-state index in [1.54, 1.807) is 0 Å². The number of hydrogen-bond acceptors (Lipinski definition) is 3. The van der Waals surface area contributed by atoms with Gasteiger partial charge in [-0.2, -0.15) is 4.21 Å². The summed E-state index contributed by atoms with van der Waals surface area (Å²) >= 11 is -2.08. The third-order valence-electron chi connectivity index (χ3n) is 2.18. The van der Waals surface area contributed by atoms with Crippen LogP contribution in [0.5, 0.6) is 0 Å². The Morgan fingerprint density at radius 2 is 1.32 bits per heavy atom. The van der Waals surface area contributed by atoms with E-state index < -0.39 is 19.2 Å². The monoisotopic (exact) mass is 320 g/mol. The Labute approximate surface area is 117 Å². The lowest BCUT2D eigenvalue weighted by atomic mass is 10.1. The molecule has 0 aromatic rings. The summed E-state index contributed by atoms with van der Waals surface area (Å²) in [7, 11) is -4.64. The predicted octanol–water partition coefficient (Wildman–Crippen LogP) is 2.35. The average molecular weight is 320 g/mol. The SMILES string of the molecule is CCCCCCCCCCOS(=O)O.O=P(O)(O)O. The lowest BCUT2D eigenvalue weighted by Crippen LogP contribution is -1.97. The molecule has 0 spiro atoms. The van der Waals surface area contributed by atoms with Crippen molar-refractivity contribution < 1.29 is 32.2 Å². The topological polar surface area (TPSA) is 124 Å². The minimum Gasteiger partial charge on any atom is -0.303 e. The van der Waals surface area contributed by atoms with Gasteiger partial charge in [0.15, 0.2) is 0 Å². The summed E-state index contributed by atoms with van der Waals surface area (Å²) in [6, 6.07) is 0. The van der Waals surface area contributed by atoms with Crippen LogP contribution in [0.25, 0.3) is 0 Å². The van der Waals surface area contributed by atoms with Gasteiger partial charge < -0.3 is 14.7 Å². The van der Waals surface area contributed by atoms with Gasteiger partial charge in [-0.05, 0) is 6.42 Å². The Morgan fingerprint density at radius 1 is 0.947 bits per heavy atom. The van der Waals surface area contributed by atoms with Crippen molar-refractivity contribution in [2.45, 2.75) is 58.3 Å². The first kappa shape index (κ1) is 21.5. The van der Waals surface area contributed by atoms with Gasteiger partial charge in [0.05, 0.1) is 6.61 Å². The maximum absolute atomic E-state index is 10.1. The van der Waals surface area contributed by atoms with E-state index in [2.05, 4.69) is 11.1 Å². The minimum absolute atomic E-state index is 0.401. The average Bonchev–Trinajstić information content (AvgIpc) is 2.24. The van der Waals surface area contributed by atoms with E-state index >= 15 is 0 Å². The van der Waals surface area contributed by atoms with E-state index in [0.29, 0.717) is 6.61 Å². The fourth-order valence-corrected chi connectivity index (χ4v) is 1.63. The second-order valence-electron chi connectivity index (χ2n) is 4.03. The highest BCUT2D eigenvalue weighted by Crippen LogP contribution is 2.25. The molecule has 1 unspecified atom stereocenters. The maximum atomic E-state index is 10.1. The number of rotatable bonds is 10. The van der Waals surface area contributed by atoms with Gasteiger partial charge in [0.2, 0.25) is 0 Å². The third kappa shape index (κ3) is 38.1. The first-order chi connectivity index (χ1) is 8.77. The molecule has 0 aliphatic rings. The van der Waals surface area contributed by atoms with Crippen LogP contribution in [0.2, 0.25) is 0 Å². The van der Waals surface area contributed by atoms with E-state index in [1.165, 1.54) is 38.5 Å². The molecule has 19 heavy (non-hydrogen) atoms. The molecule has 1 atom stereocenters. The van der Waals surface area contributed by atoms with Crippen LogP contribution in [-0.4, -0.2) is 30.0 Å². The predicted molar refractivity (Wildman–Crippen MR) is 73.6 cm³/mol. The van der Waals surface area contributed by atoms with Gasteiger partial charge >= 0.3 is 19.2 Å². The molecule has 9 heteroatoms. The number of hydrogen-bond donors (Lipinski definition) is 4. The molecule has 0 amide bonds. The molecule has 0 saturated carbocycles. The molecule has 4 N–H and O–H groups in total. The van der Waals surface area contributed by atoms with Crippen LogP contribution >= 0.6 is 7.82 Å². The smallest absolute Gasteiger partial charge is 0.303 e. The van der Waals surface area contributed by atoms with E-state index in [-0.39, 0.29) is 0 Å². The first-order valence-electron chi connectivity index (χ1n) is 6.29. The second kappa shape index (κ2) is 14.6. The largest absolute Gasteiger partial charge is 0.466 e. The molecule has 0 radical (unpaired) electrons. The van der Waals surface area contributed by atoms with Crippen molar-refractivity contribution in [1.29, 1.82) is 0 Å². The van der Waals surface area contributed by atoms with E-state index in [4.69, 9.17) is 23.8 Å². The van der Waals surface area contributed by atoms with Gasteiger partial charge in [0.25, 0.3) is 0 Å². The molecule has 0 aromatic carbocycles. The van der Waals surface area contributed by atoms with E-state index in [0.717, 1.165) is 12.8 Å². The molecule has 0 rings (SSSR count). The quantitative estimate of drug-likeness (QED) is 0.276. The minimum atomic E-state index is -4.64. The summed E-state index contributed by atoms with van der Waals surface area (Å²) in [6.45, 7) is 2.62. The zero-order chi connectivity index (χ0) is 15.1. The first-order valence-corrected chi connectivity index (χ1v) is 8.89. The van der Waals surface area contributed by atoms with Crippen molar-refractivity contribution in [1.82, 2.24) is 0 Å². The van der Waals surface area contributed by atoms with Gasteiger partial charge in [-0.3, -0.25) is 8.74 Å². The van der Waals surface area contributed by atoms with Crippen molar-refractivity contribution in [2.75, 3.05) is 6.61 Å². The highest BCUT2D eigenvalue weighted by Gasteiger charge is 2.00. The van der Waals surface area contributed by atoms with Crippen molar-refractivity contribution >= 4 is 19.2 Å². The van der Waals surface area contributed by atoms with Crippen LogP contribution in [-0.2, 0) is 20.1 Å². The summed E-state index contributed by atoms with van der Waals surface area (Å²) < 4.78 is 31.8. The highest BCUT2D eigenvalue weighted by atomic mass is 32.2. The summed E-state index contributed by atoms with van der Waals surface area (Å²) in [6.07, 6.45) is 9.77. The Balaban J connectivity index is 0. The lowest BCUT2D eigenvalue weighted by Gasteiger charge is -2.00. The van der Waals surface area contributed by atoms with Crippen molar-refractivity contribution in [3.8, 4) is 0 Å². The van der Waals surface area contributed by atoms with Crippen LogP contribution < -0.4 is 0 Å². The molecule has 118 valence electrons. The standard InChI is InChI=1S/C10H22O3S.H3O4P/c1-2-3-4-5-6-7-8-9-10-13-14(11)12;1-5(2,3)4/h2-10H2,1H3,(H,11,12);(H3,1,2,3,4). The van der Waals surface area contributed by atoms with Gasteiger partial charge in [-0.25, -0.2) is 4.57 Å². The molecule has 0 aliphatic carbocycles. The van der Waals surface area contributed by atoms with Crippen LogP contribution in [0.4, 0.5) is 0 Å². The summed E-state index contributed by atoms with van der Waals surface area (Å²) in [4.78, 5) is 21.6. The molecular formula is C10H25O7PS. The van der Waals surface area contributed by atoms with Gasteiger partial charge in [-0.15, -0.1) is 0 Å². The van der Waals surface area contributed by atoms with Crippen molar-refractivity contribution in [3.63, 3.8) is 0 Å². The summed E-state index contributed by atoms with van der Waals surface area (Å²) in [5.41, 5.74) is 0. The van der Waals surface area contributed by atoms with Gasteiger partial charge in [-0.1, -0.05) is 51.9 Å². The Hall–Kier alpha value is 0.180. The normalized spacial score (nSPS) is 12.7. The molecule has 0 bridgehead atoms. The van der Waals surface area contributed by atoms with Gasteiger partial charge in [0.1, 0.15) is 0 Å². The van der Waals surface area contributed by atoms with Crippen molar-refractivity contribution in [2.24, 2.45) is 0 Å². The van der Waals surface area contributed by atoms with E-state index in [1.807, 2.05) is 0 Å². The molecular weight excluding hydrogens is 295 g/mol. The molecule has 0 fully saturated rings. The maximum Gasteiger partial charge on any atom is 0.466 e. The van der Waals surface area contributed by atoms with Crippen LogP contribution in [0.3, 0.4) is 0 Å². The Bertz CT molecular complexity index is 248. The molecule has 7 nitrogen and oxygen atoms in total. The van der Waals surface area contributed by atoms with Gasteiger partial charge in [0, 0.05) is 0 Å². The van der Waals surface area contributed by atoms with E-state index in [9.17, 15) is 4.21 Å². The molecule has 0 heterocycles. The number of phosphoric acid groups is 1. The Morgan fingerprint density at radius 3 is 1.68 bits per heavy atom. The van der Waals surface area contributed by atoms with Crippen LogP contribution in [0, 0.1) is 0 Å². The fraction of sp³-hybridized carbons (Fsp3) is 1.00. The second-order valence-corrected chi connectivity index (χ2v) is 5.72. The highest BCUT2D eigenvalue weighted by molar-refractivity contribution is 7.74. The Kier molecular flexibility index (Phi) is 16.5. The molecule has 0 aliphatic heterocycles. The van der Waals surface area contributed by atoms with Crippen LogP contribution in [0.1, 0.15) is 58.3 Å². The fourth-order valence-electron chi connectivity index (χ4n) is 1.37. The summed E-state index contributed by atoms with van der Waals surface area (Å²) in [5.74, 6) is 0. The third-order valence-corrected chi connectivity index (χ3v) is 2.55. The molecule has 0 aromatic heterocycles. The van der Waals surface area contributed by atoms with Crippen LogP contribution in [0.15, 0.2) is 0 Å². The number of unbranched alkanes of at least 4 members (excludes halogenated alkanes) is 7. The zero-order valence-corrected chi connectivity index (χ0v) is 12.9. The molecule has 0 saturated heterocycles. The summed E-state index contributed by atoms with van der Waals surface area (Å²) in [5, 5.41) is 0.